The Morgan fingerprint density at radius 3 is 2.63 bits per heavy atom. The molecule has 0 radical (unpaired) electrons. The van der Waals surface area contributed by atoms with Gasteiger partial charge in [-0.1, -0.05) is 26.8 Å². The number of alkyl halides is 1. The van der Waals surface area contributed by atoms with Crippen molar-refractivity contribution in [3.63, 3.8) is 0 Å². The van der Waals surface area contributed by atoms with Gasteiger partial charge in [-0.15, -0.1) is 11.6 Å². The average Bonchev–Trinajstić information content (AvgIpc) is 2.68. The zero-order valence-electron chi connectivity index (χ0n) is 12.3. The molecule has 0 amide bonds. The van der Waals surface area contributed by atoms with E-state index in [0.717, 1.165) is 24.2 Å². The molecule has 1 heterocycles. The van der Waals surface area contributed by atoms with Gasteiger partial charge in [0.2, 0.25) is 0 Å². The monoisotopic (exact) mass is 278 g/mol. The number of nitrogens with zero attached hydrogens (tertiary/aromatic N) is 2. The highest BCUT2D eigenvalue weighted by atomic mass is 35.5. The molecule has 1 unspecified atom stereocenters. The second kappa shape index (κ2) is 5.96. The van der Waals surface area contributed by atoms with Crippen LogP contribution in [0.5, 0.6) is 0 Å². The third-order valence-electron chi connectivity index (χ3n) is 3.76. The van der Waals surface area contributed by atoms with E-state index >= 15 is 0 Å². The van der Waals surface area contributed by atoms with Crippen molar-refractivity contribution in [2.75, 3.05) is 5.88 Å². The van der Waals surface area contributed by atoms with Crippen molar-refractivity contribution in [1.82, 2.24) is 9.55 Å². The van der Waals surface area contributed by atoms with Crippen molar-refractivity contribution < 1.29 is 0 Å². The van der Waals surface area contributed by atoms with E-state index < -0.39 is 0 Å². The number of aryl methyl sites for hydroxylation is 2. The molecule has 0 aliphatic carbocycles. The molecule has 2 nitrogen and oxygen atoms in total. The standard InChI is InChI=1S/C16H23ClN2/c1-5-14(11(2)3)19-15-7-6-12(4)10-13(15)18-16(19)8-9-17/h6-7,10-11,14H,5,8-9H2,1-4H3. The normalized spacial score (nSPS) is 13.4. The Labute approximate surface area is 120 Å². The molecule has 0 bridgehead atoms. The number of benzene rings is 1. The molecule has 2 rings (SSSR count). The molecule has 104 valence electrons. The minimum atomic E-state index is 0.492. The van der Waals surface area contributed by atoms with Gasteiger partial charge in [0.05, 0.1) is 11.0 Å². The fourth-order valence-electron chi connectivity index (χ4n) is 2.84. The van der Waals surface area contributed by atoms with Crippen molar-refractivity contribution >= 4 is 22.6 Å². The van der Waals surface area contributed by atoms with Crippen molar-refractivity contribution in [3.05, 3.63) is 29.6 Å². The molecule has 0 aliphatic rings. The Kier molecular flexibility index (Phi) is 4.51. The number of imidazole rings is 1. The van der Waals surface area contributed by atoms with Gasteiger partial charge in [0, 0.05) is 18.3 Å². The van der Waals surface area contributed by atoms with Gasteiger partial charge in [-0.2, -0.15) is 0 Å². The Morgan fingerprint density at radius 2 is 2.05 bits per heavy atom. The molecule has 0 spiro atoms. The first-order chi connectivity index (χ1) is 9.08. The van der Waals surface area contributed by atoms with Gasteiger partial charge in [0.25, 0.3) is 0 Å². The summed E-state index contributed by atoms with van der Waals surface area (Å²) in [5.41, 5.74) is 3.60. The van der Waals surface area contributed by atoms with Crippen LogP contribution in [0.3, 0.4) is 0 Å². The summed E-state index contributed by atoms with van der Waals surface area (Å²) in [6, 6.07) is 7.01. The van der Waals surface area contributed by atoms with Crippen LogP contribution in [0.25, 0.3) is 11.0 Å². The first-order valence-corrected chi connectivity index (χ1v) is 7.65. The molecule has 19 heavy (non-hydrogen) atoms. The highest BCUT2D eigenvalue weighted by molar-refractivity contribution is 6.17. The zero-order valence-corrected chi connectivity index (χ0v) is 13.0. The summed E-state index contributed by atoms with van der Waals surface area (Å²) in [5.74, 6) is 2.34. The molecular formula is C16H23ClN2. The topological polar surface area (TPSA) is 17.8 Å². The van der Waals surface area contributed by atoms with E-state index in [4.69, 9.17) is 16.6 Å². The maximum absolute atomic E-state index is 5.94. The highest BCUT2D eigenvalue weighted by Gasteiger charge is 2.20. The van der Waals surface area contributed by atoms with E-state index in [2.05, 4.69) is 50.5 Å². The SMILES string of the molecule is CCC(C(C)C)n1c(CCCl)nc2cc(C)ccc21. The van der Waals surface area contributed by atoms with Crippen LogP contribution in [-0.4, -0.2) is 15.4 Å². The Hall–Kier alpha value is -1.02. The molecule has 0 saturated heterocycles. The molecule has 1 aromatic carbocycles. The van der Waals surface area contributed by atoms with E-state index in [9.17, 15) is 0 Å². The third-order valence-corrected chi connectivity index (χ3v) is 3.94. The molecule has 1 aromatic heterocycles. The van der Waals surface area contributed by atoms with Crippen LogP contribution in [0.2, 0.25) is 0 Å². The largest absolute Gasteiger partial charge is 0.325 e. The van der Waals surface area contributed by atoms with Crippen LogP contribution >= 0.6 is 11.6 Å². The second-order valence-corrected chi connectivity index (χ2v) is 5.93. The zero-order chi connectivity index (χ0) is 14.0. The molecule has 3 heteroatoms. The van der Waals surface area contributed by atoms with Crippen LogP contribution in [0.1, 0.15) is 44.6 Å². The van der Waals surface area contributed by atoms with Crippen LogP contribution < -0.4 is 0 Å². The molecule has 0 saturated carbocycles. The maximum Gasteiger partial charge on any atom is 0.111 e. The first-order valence-electron chi connectivity index (χ1n) is 7.11. The smallest absolute Gasteiger partial charge is 0.111 e. The van der Waals surface area contributed by atoms with Gasteiger partial charge in [0.15, 0.2) is 0 Å². The average molecular weight is 279 g/mol. The minimum Gasteiger partial charge on any atom is -0.325 e. The minimum absolute atomic E-state index is 0.492. The van der Waals surface area contributed by atoms with Gasteiger partial charge in [-0.3, -0.25) is 0 Å². The summed E-state index contributed by atoms with van der Waals surface area (Å²) in [7, 11) is 0. The van der Waals surface area contributed by atoms with Gasteiger partial charge in [0.1, 0.15) is 5.82 Å². The van der Waals surface area contributed by atoms with Gasteiger partial charge < -0.3 is 4.57 Å². The number of aromatic nitrogens is 2. The number of hydrogen-bond donors (Lipinski definition) is 0. The fraction of sp³-hybridized carbons (Fsp3) is 0.562. The summed E-state index contributed by atoms with van der Waals surface area (Å²) in [4.78, 5) is 4.79. The Bertz CT molecular complexity index is 557. The maximum atomic E-state index is 5.94. The number of halogens is 1. The predicted octanol–water partition coefficient (Wildman–Crippen LogP) is 4.73. The van der Waals surface area contributed by atoms with Gasteiger partial charge in [-0.05, 0) is 37.0 Å². The van der Waals surface area contributed by atoms with Crippen molar-refractivity contribution in [1.29, 1.82) is 0 Å². The molecule has 0 fully saturated rings. The molecule has 0 aliphatic heterocycles. The number of fused-ring (bicyclic) bond motifs is 1. The summed E-state index contributed by atoms with van der Waals surface area (Å²) < 4.78 is 2.40. The van der Waals surface area contributed by atoms with Gasteiger partial charge in [-0.25, -0.2) is 4.98 Å². The highest BCUT2D eigenvalue weighted by Crippen LogP contribution is 2.29. The molecule has 2 aromatic rings. The van der Waals surface area contributed by atoms with Crippen molar-refractivity contribution in [3.8, 4) is 0 Å². The third kappa shape index (κ3) is 2.79. The summed E-state index contributed by atoms with van der Waals surface area (Å²) >= 11 is 5.94. The lowest BCUT2D eigenvalue weighted by atomic mass is 10.0. The second-order valence-electron chi connectivity index (χ2n) is 5.55. The van der Waals surface area contributed by atoms with Crippen molar-refractivity contribution in [2.45, 2.75) is 46.6 Å². The number of hydrogen-bond acceptors (Lipinski definition) is 1. The van der Waals surface area contributed by atoms with E-state index in [1.165, 1.54) is 11.1 Å². The Morgan fingerprint density at radius 1 is 1.32 bits per heavy atom. The van der Waals surface area contributed by atoms with Crippen LogP contribution in [-0.2, 0) is 6.42 Å². The van der Waals surface area contributed by atoms with E-state index in [0.29, 0.717) is 17.8 Å². The quantitative estimate of drug-likeness (QED) is 0.723. The molecular weight excluding hydrogens is 256 g/mol. The van der Waals surface area contributed by atoms with Crippen LogP contribution in [0, 0.1) is 12.8 Å². The van der Waals surface area contributed by atoms with Crippen LogP contribution in [0.15, 0.2) is 18.2 Å². The summed E-state index contributed by atoms with van der Waals surface area (Å²) in [5, 5.41) is 0. The Balaban J connectivity index is 2.63. The fourth-order valence-corrected chi connectivity index (χ4v) is 3.01. The molecule has 0 N–H and O–H groups in total. The summed E-state index contributed by atoms with van der Waals surface area (Å²) in [6.45, 7) is 8.91. The van der Waals surface area contributed by atoms with E-state index in [1.807, 2.05) is 0 Å². The van der Waals surface area contributed by atoms with E-state index in [-0.39, 0.29) is 0 Å². The van der Waals surface area contributed by atoms with E-state index in [1.54, 1.807) is 0 Å². The van der Waals surface area contributed by atoms with Crippen molar-refractivity contribution in [2.24, 2.45) is 5.92 Å². The lowest BCUT2D eigenvalue weighted by Crippen LogP contribution is -2.17. The predicted molar refractivity (Wildman–Crippen MR) is 83.1 cm³/mol. The summed E-state index contributed by atoms with van der Waals surface area (Å²) in [6.07, 6.45) is 1.95. The first kappa shape index (κ1) is 14.4. The number of rotatable bonds is 5. The van der Waals surface area contributed by atoms with Crippen LogP contribution in [0.4, 0.5) is 0 Å². The van der Waals surface area contributed by atoms with Gasteiger partial charge >= 0.3 is 0 Å². The lowest BCUT2D eigenvalue weighted by Gasteiger charge is -2.24. The lowest BCUT2D eigenvalue weighted by molar-refractivity contribution is 0.365. The molecule has 1 atom stereocenters.